The molecule has 0 saturated carbocycles. The Labute approximate surface area is 103 Å². The van der Waals surface area contributed by atoms with Crippen molar-refractivity contribution in [2.45, 2.75) is 33.1 Å². The molecule has 0 radical (unpaired) electrons. The van der Waals surface area contributed by atoms with Crippen LogP contribution in [0.25, 0.3) is 0 Å². The molecular formula is C12H23N3O2. The van der Waals surface area contributed by atoms with E-state index in [4.69, 9.17) is 15.0 Å². The summed E-state index contributed by atoms with van der Waals surface area (Å²) in [7, 11) is 1.66. The monoisotopic (exact) mass is 241 g/mol. The van der Waals surface area contributed by atoms with Gasteiger partial charge < -0.3 is 15.0 Å². The number of methoxy groups -OCH3 is 1. The average molecular weight is 241 g/mol. The number of nitrogens with zero attached hydrogens (tertiary/aromatic N) is 2. The van der Waals surface area contributed by atoms with Gasteiger partial charge in [-0.2, -0.15) is 4.98 Å². The van der Waals surface area contributed by atoms with Crippen molar-refractivity contribution in [3.8, 4) is 0 Å². The van der Waals surface area contributed by atoms with Crippen LogP contribution in [0.5, 0.6) is 0 Å². The van der Waals surface area contributed by atoms with Crippen molar-refractivity contribution in [1.82, 2.24) is 10.1 Å². The smallest absolute Gasteiger partial charge is 0.226 e. The van der Waals surface area contributed by atoms with Crippen LogP contribution in [0.2, 0.25) is 0 Å². The van der Waals surface area contributed by atoms with Gasteiger partial charge in [0.1, 0.15) is 0 Å². The number of hydrogen-bond donors (Lipinski definition) is 1. The molecule has 0 aliphatic heterocycles. The van der Waals surface area contributed by atoms with E-state index in [0.29, 0.717) is 43.1 Å². The van der Waals surface area contributed by atoms with Gasteiger partial charge in [-0.05, 0) is 24.8 Å². The molecule has 1 rings (SSSR count). The van der Waals surface area contributed by atoms with E-state index in [9.17, 15) is 0 Å². The van der Waals surface area contributed by atoms with Gasteiger partial charge in [0.25, 0.3) is 0 Å². The molecule has 0 saturated heterocycles. The summed E-state index contributed by atoms with van der Waals surface area (Å²) in [5, 5.41) is 3.91. The normalized spacial score (nSPS) is 13.2. The summed E-state index contributed by atoms with van der Waals surface area (Å²) >= 11 is 0. The van der Waals surface area contributed by atoms with E-state index >= 15 is 0 Å². The van der Waals surface area contributed by atoms with Crippen LogP contribution < -0.4 is 5.73 Å². The lowest BCUT2D eigenvalue weighted by atomic mass is 9.94. The standard InChI is InChI=1S/C12H23N3O2/c1-9(2)6-10(8-13)7-12-14-11(15-17-12)4-5-16-3/h9-10H,4-8,13H2,1-3H3/t10-/m0/s1. The first-order chi connectivity index (χ1) is 8.15. The van der Waals surface area contributed by atoms with Gasteiger partial charge in [-0.25, -0.2) is 0 Å². The lowest BCUT2D eigenvalue weighted by Gasteiger charge is -2.14. The number of aromatic nitrogens is 2. The maximum absolute atomic E-state index is 5.75. The molecule has 0 bridgehead atoms. The second-order valence-electron chi connectivity index (χ2n) is 4.78. The molecule has 5 nitrogen and oxygen atoms in total. The molecule has 0 unspecified atom stereocenters. The number of rotatable bonds is 8. The maximum Gasteiger partial charge on any atom is 0.226 e. The third kappa shape index (κ3) is 5.28. The third-order valence-corrected chi connectivity index (χ3v) is 2.64. The quantitative estimate of drug-likeness (QED) is 0.745. The molecule has 0 spiro atoms. The summed E-state index contributed by atoms with van der Waals surface area (Å²) in [5.74, 6) is 2.46. The fourth-order valence-electron chi connectivity index (χ4n) is 1.84. The molecule has 17 heavy (non-hydrogen) atoms. The van der Waals surface area contributed by atoms with Crippen LogP contribution in [0.4, 0.5) is 0 Å². The summed E-state index contributed by atoms with van der Waals surface area (Å²) in [4.78, 5) is 4.33. The van der Waals surface area contributed by atoms with Gasteiger partial charge in [0.2, 0.25) is 5.89 Å². The van der Waals surface area contributed by atoms with Gasteiger partial charge in [-0.15, -0.1) is 0 Å². The van der Waals surface area contributed by atoms with Crippen LogP contribution in [0.15, 0.2) is 4.52 Å². The van der Waals surface area contributed by atoms with E-state index in [-0.39, 0.29) is 0 Å². The summed E-state index contributed by atoms with van der Waals surface area (Å²) < 4.78 is 10.2. The minimum absolute atomic E-state index is 0.422. The van der Waals surface area contributed by atoms with E-state index in [1.807, 2.05) is 0 Å². The number of nitrogens with two attached hydrogens (primary N) is 1. The lowest BCUT2D eigenvalue weighted by molar-refractivity contribution is 0.199. The van der Waals surface area contributed by atoms with Crippen LogP contribution in [-0.2, 0) is 17.6 Å². The Morgan fingerprint density at radius 1 is 1.41 bits per heavy atom. The summed E-state index contributed by atoms with van der Waals surface area (Å²) in [6.07, 6.45) is 2.55. The fraction of sp³-hybridized carbons (Fsp3) is 0.833. The number of ether oxygens (including phenoxy) is 1. The minimum atomic E-state index is 0.422. The summed E-state index contributed by atoms with van der Waals surface area (Å²) in [6.45, 7) is 5.67. The zero-order chi connectivity index (χ0) is 12.7. The van der Waals surface area contributed by atoms with Crippen molar-refractivity contribution in [2.24, 2.45) is 17.6 Å². The zero-order valence-corrected chi connectivity index (χ0v) is 11.0. The molecule has 98 valence electrons. The van der Waals surface area contributed by atoms with Gasteiger partial charge in [-0.3, -0.25) is 0 Å². The van der Waals surface area contributed by atoms with E-state index in [1.165, 1.54) is 0 Å². The van der Waals surface area contributed by atoms with Crippen molar-refractivity contribution < 1.29 is 9.26 Å². The highest BCUT2D eigenvalue weighted by Gasteiger charge is 2.14. The summed E-state index contributed by atoms with van der Waals surface area (Å²) in [6, 6.07) is 0. The highest BCUT2D eigenvalue weighted by Crippen LogP contribution is 2.15. The Hall–Kier alpha value is -0.940. The van der Waals surface area contributed by atoms with Crippen molar-refractivity contribution in [2.75, 3.05) is 20.3 Å². The van der Waals surface area contributed by atoms with Crippen molar-refractivity contribution in [3.05, 3.63) is 11.7 Å². The molecule has 1 aromatic heterocycles. The molecule has 0 amide bonds. The van der Waals surface area contributed by atoms with Gasteiger partial charge in [-0.1, -0.05) is 19.0 Å². The molecule has 1 heterocycles. The molecule has 2 N–H and O–H groups in total. The fourth-order valence-corrected chi connectivity index (χ4v) is 1.84. The van der Waals surface area contributed by atoms with Gasteiger partial charge in [0.15, 0.2) is 5.82 Å². The largest absolute Gasteiger partial charge is 0.384 e. The molecule has 1 atom stereocenters. The van der Waals surface area contributed by atoms with E-state index in [2.05, 4.69) is 24.0 Å². The van der Waals surface area contributed by atoms with Crippen LogP contribution >= 0.6 is 0 Å². The molecule has 0 fully saturated rings. The Balaban J connectivity index is 2.46. The first kappa shape index (κ1) is 14.1. The van der Waals surface area contributed by atoms with Crippen molar-refractivity contribution >= 4 is 0 Å². The zero-order valence-electron chi connectivity index (χ0n) is 11.0. The SMILES string of the molecule is COCCc1noc(C[C@@H](CN)CC(C)C)n1. The molecular weight excluding hydrogens is 218 g/mol. The molecule has 5 heteroatoms. The van der Waals surface area contributed by atoms with Gasteiger partial charge >= 0.3 is 0 Å². The van der Waals surface area contributed by atoms with Gasteiger partial charge in [0, 0.05) is 20.0 Å². The van der Waals surface area contributed by atoms with Crippen molar-refractivity contribution in [1.29, 1.82) is 0 Å². The Bertz CT molecular complexity index is 312. The van der Waals surface area contributed by atoms with E-state index < -0.39 is 0 Å². The third-order valence-electron chi connectivity index (χ3n) is 2.64. The van der Waals surface area contributed by atoms with E-state index in [0.717, 1.165) is 12.8 Å². The molecule has 1 aromatic rings. The highest BCUT2D eigenvalue weighted by atomic mass is 16.5. The van der Waals surface area contributed by atoms with Crippen LogP contribution in [0.1, 0.15) is 32.0 Å². The van der Waals surface area contributed by atoms with E-state index in [1.54, 1.807) is 7.11 Å². The molecule has 0 aliphatic rings. The predicted octanol–water partition coefficient (Wildman–Crippen LogP) is 1.42. The lowest BCUT2D eigenvalue weighted by Crippen LogP contribution is -2.19. The molecule has 0 aliphatic carbocycles. The average Bonchev–Trinajstić information content (AvgIpc) is 2.72. The van der Waals surface area contributed by atoms with Crippen LogP contribution in [-0.4, -0.2) is 30.4 Å². The maximum atomic E-state index is 5.75. The second kappa shape index (κ2) is 7.40. The van der Waals surface area contributed by atoms with Crippen molar-refractivity contribution in [3.63, 3.8) is 0 Å². The predicted molar refractivity (Wildman–Crippen MR) is 65.6 cm³/mol. The van der Waals surface area contributed by atoms with Crippen LogP contribution in [0, 0.1) is 11.8 Å². The first-order valence-corrected chi connectivity index (χ1v) is 6.16. The minimum Gasteiger partial charge on any atom is -0.384 e. The summed E-state index contributed by atoms with van der Waals surface area (Å²) in [5.41, 5.74) is 5.75. The molecule has 0 aromatic carbocycles. The number of hydrogen-bond acceptors (Lipinski definition) is 5. The first-order valence-electron chi connectivity index (χ1n) is 6.16. The van der Waals surface area contributed by atoms with Gasteiger partial charge in [0.05, 0.1) is 6.61 Å². The Morgan fingerprint density at radius 3 is 2.76 bits per heavy atom. The Morgan fingerprint density at radius 2 is 2.18 bits per heavy atom. The Kier molecular flexibility index (Phi) is 6.15. The van der Waals surface area contributed by atoms with Crippen LogP contribution in [0.3, 0.4) is 0 Å². The topological polar surface area (TPSA) is 74.2 Å². The second-order valence-corrected chi connectivity index (χ2v) is 4.78. The highest BCUT2D eigenvalue weighted by molar-refractivity contribution is 4.88.